The fraction of sp³-hybridized carbons (Fsp3) is 0.333. The molecule has 0 saturated carbocycles. The molecule has 1 fully saturated rings. The van der Waals surface area contributed by atoms with Crippen molar-refractivity contribution < 1.29 is 27.5 Å². The zero-order chi connectivity index (χ0) is 21.7. The number of hydrogen-bond donors (Lipinski definition) is 1. The average Bonchev–Trinajstić information content (AvgIpc) is 2.72. The second-order valence-corrected chi connectivity index (χ2v) is 7.76. The van der Waals surface area contributed by atoms with Gasteiger partial charge in [-0.2, -0.15) is 0 Å². The average molecular weight is 485 g/mol. The van der Waals surface area contributed by atoms with Crippen molar-refractivity contribution in [3.05, 3.63) is 63.9 Å². The highest BCUT2D eigenvalue weighted by atomic mass is 79.9. The zero-order valence-electron chi connectivity index (χ0n) is 16.0. The summed E-state index contributed by atoms with van der Waals surface area (Å²) in [6.45, 7) is 1.00. The molecular weight excluding hydrogens is 465 g/mol. The highest BCUT2D eigenvalue weighted by molar-refractivity contribution is 9.10. The summed E-state index contributed by atoms with van der Waals surface area (Å²) < 4.78 is 46.0. The lowest BCUT2D eigenvalue weighted by atomic mass is 10.1. The van der Waals surface area contributed by atoms with Gasteiger partial charge in [0.1, 0.15) is 17.7 Å². The first-order valence-electron chi connectivity index (χ1n) is 9.46. The van der Waals surface area contributed by atoms with Crippen molar-refractivity contribution in [1.82, 2.24) is 10.2 Å². The predicted molar refractivity (Wildman–Crippen MR) is 108 cm³/mol. The number of nitrogens with zero attached hydrogens (tertiary/aromatic N) is 1. The Bertz CT molecular complexity index is 934. The van der Waals surface area contributed by atoms with Crippen molar-refractivity contribution in [2.75, 3.05) is 19.6 Å². The van der Waals surface area contributed by atoms with Gasteiger partial charge < -0.3 is 15.0 Å². The highest BCUT2D eigenvalue weighted by Crippen LogP contribution is 2.23. The van der Waals surface area contributed by atoms with E-state index in [1.807, 2.05) is 0 Å². The van der Waals surface area contributed by atoms with Crippen LogP contribution in [0.3, 0.4) is 0 Å². The highest BCUT2D eigenvalue weighted by Gasteiger charge is 2.24. The fourth-order valence-corrected chi connectivity index (χ4v) is 3.61. The van der Waals surface area contributed by atoms with E-state index in [4.69, 9.17) is 4.74 Å². The van der Waals surface area contributed by atoms with E-state index in [9.17, 15) is 22.8 Å². The topological polar surface area (TPSA) is 58.6 Å². The third-order valence-electron chi connectivity index (χ3n) is 4.78. The second-order valence-electron chi connectivity index (χ2n) is 6.90. The van der Waals surface area contributed by atoms with Gasteiger partial charge in [0.2, 0.25) is 5.91 Å². The molecule has 5 nitrogen and oxygen atoms in total. The first-order valence-corrected chi connectivity index (χ1v) is 10.3. The summed E-state index contributed by atoms with van der Waals surface area (Å²) in [6, 6.07) is 6.96. The maximum Gasteiger partial charge on any atom is 0.252 e. The summed E-state index contributed by atoms with van der Waals surface area (Å²) in [5, 5.41) is 2.61. The lowest BCUT2D eigenvalue weighted by molar-refractivity contribution is -0.132. The summed E-state index contributed by atoms with van der Waals surface area (Å²) in [5.74, 6) is -2.55. The Morgan fingerprint density at radius 3 is 2.43 bits per heavy atom. The van der Waals surface area contributed by atoms with Gasteiger partial charge in [-0.25, -0.2) is 13.2 Å². The van der Waals surface area contributed by atoms with Gasteiger partial charge in [0.25, 0.3) is 5.91 Å². The van der Waals surface area contributed by atoms with Gasteiger partial charge in [0.15, 0.2) is 11.6 Å². The van der Waals surface area contributed by atoms with E-state index in [0.717, 1.165) is 18.2 Å². The minimum absolute atomic E-state index is 0.00704. The van der Waals surface area contributed by atoms with E-state index >= 15 is 0 Å². The molecule has 1 aliphatic rings. The number of amides is 2. The molecule has 0 unspecified atom stereocenters. The SMILES string of the molecule is O=C(NCCC(=O)N1CCC(Oc2ccc(F)cc2F)CC1)c1cc(F)ccc1Br. The Morgan fingerprint density at radius 1 is 1.07 bits per heavy atom. The maximum atomic E-state index is 13.7. The van der Waals surface area contributed by atoms with E-state index in [1.54, 1.807) is 4.90 Å². The lowest BCUT2D eigenvalue weighted by Gasteiger charge is -2.32. The molecular formula is C21H20BrF3N2O3. The van der Waals surface area contributed by atoms with Crippen LogP contribution in [0.1, 0.15) is 29.6 Å². The van der Waals surface area contributed by atoms with E-state index in [-0.39, 0.29) is 36.3 Å². The first-order chi connectivity index (χ1) is 14.3. The van der Waals surface area contributed by atoms with Crippen LogP contribution in [0.25, 0.3) is 0 Å². The number of hydrogen-bond acceptors (Lipinski definition) is 3. The van der Waals surface area contributed by atoms with Crippen LogP contribution in [-0.2, 0) is 4.79 Å². The number of halogens is 4. The molecule has 1 heterocycles. The molecule has 0 bridgehead atoms. The normalized spacial score (nSPS) is 14.5. The number of nitrogens with one attached hydrogen (secondary N) is 1. The Hall–Kier alpha value is -2.55. The molecule has 1 saturated heterocycles. The molecule has 0 atom stereocenters. The molecule has 160 valence electrons. The molecule has 1 aliphatic heterocycles. The first kappa shape index (κ1) is 22.1. The van der Waals surface area contributed by atoms with E-state index in [2.05, 4.69) is 21.2 Å². The van der Waals surface area contributed by atoms with Crippen LogP contribution in [0.2, 0.25) is 0 Å². The summed E-state index contributed by atoms with van der Waals surface area (Å²) in [5.41, 5.74) is 0.161. The van der Waals surface area contributed by atoms with E-state index in [1.165, 1.54) is 18.2 Å². The van der Waals surface area contributed by atoms with Gasteiger partial charge >= 0.3 is 0 Å². The maximum absolute atomic E-state index is 13.7. The molecule has 3 rings (SSSR count). The summed E-state index contributed by atoms with van der Waals surface area (Å²) >= 11 is 3.20. The van der Waals surface area contributed by atoms with Gasteiger partial charge in [-0.1, -0.05) is 0 Å². The Kier molecular flexibility index (Phi) is 7.36. The van der Waals surface area contributed by atoms with Crippen molar-refractivity contribution in [2.45, 2.75) is 25.4 Å². The summed E-state index contributed by atoms with van der Waals surface area (Å²) in [4.78, 5) is 26.2. The largest absolute Gasteiger partial charge is 0.487 e. The zero-order valence-corrected chi connectivity index (χ0v) is 17.6. The van der Waals surface area contributed by atoms with Crippen LogP contribution in [0.4, 0.5) is 13.2 Å². The van der Waals surface area contributed by atoms with Gasteiger partial charge in [-0.3, -0.25) is 9.59 Å². The Balaban J connectivity index is 1.42. The van der Waals surface area contributed by atoms with Crippen molar-refractivity contribution in [3.63, 3.8) is 0 Å². The molecule has 0 aliphatic carbocycles. The minimum Gasteiger partial charge on any atom is -0.487 e. The molecule has 2 aromatic rings. The lowest BCUT2D eigenvalue weighted by Crippen LogP contribution is -2.42. The van der Waals surface area contributed by atoms with Crippen LogP contribution in [0.15, 0.2) is 40.9 Å². The molecule has 1 N–H and O–H groups in total. The summed E-state index contributed by atoms with van der Waals surface area (Å²) in [7, 11) is 0. The predicted octanol–water partition coefficient (Wildman–Crippen LogP) is 4.06. The molecule has 2 aromatic carbocycles. The van der Waals surface area contributed by atoms with Crippen LogP contribution in [0, 0.1) is 17.5 Å². The monoisotopic (exact) mass is 484 g/mol. The summed E-state index contributed by atoms with van der Waals surface area (Å²) in [6.07, 6.45) is 0.881. The number of rotatable bonds is 6. The van der Waals surface area contributed by atoms with E-state index < -0.39 is 23.4 Å². The number of carbonyl (C=O) groups is 2. The van der Waals surface area contributed by atoms with Gasteiger partial charge in [0, 0.05) is 49.4 Å². The number of carbonyl (C=O) groups excluding carboxylic acids is 2. The molecule has 0 aromatic heterocycles. The Morgan fingerprint density at radius 2 is 1.73 bits per heavy atom. The van der Waals surface area contributed by atoms with Crippen LogP contribution >= 0.6 is 15.9 Å². The number of ether oxygens (including phenoxy) is 1. The van der Waals surface area contributed by atoms with Crippen molar-refractivity contribution in [2.24, 2.45) is 0 Å². The van der Waals surface area contributed by atoms with Crippen LogP contribution in [-0.4, -0.2) is 42.5 Å². The smallest absolute Gasteiger partial charge is 0.252 e. The standard InChI is InChI=1S/C21H20BrF3N2O3/c22-17-3-1-13(23)11-16(17)21(29)26-8-5-20(28)27-9-6-15(7-10-27)30-19-4-2-14(24)12-18(19)25/h1-4,11-12,15H,5-10H2,(H,26,29). The van der Waals surface area contributed by atoms with Crippen LogP contribution in [0.5, 0.6) is 5.75 Å². The third-order valence-corrected chi connectivity index (χ3v) is 5.47. The van der Waals surface area contributed by atoms with Gasteiger partial charge in [-0.05, 0) is 46.3 Å². The van der Waals surface area contributed by atoms with Gasteiger partial charge in [0.05, 0.1) is 5.56 Å². The Labute approximate surface area is 180 Å². The molecule has 30 heavy (non-hydrogen) atoms. The number of piperidine rings is 1. The minimum atomic E-state index is -0.755. The van der Waals surface area contributed by atoms with Crippen molar-refractivity contribution >= 4 is 27.7 Å². The molecule has 2 amide bonds. The quantitative estimate of drug-likeness (QED) is 0.672. The third kappa shape index (κ3) is 5.75. The van der Waals surface area contributed by atoms with E-state index in [0.29, 0.717) is 30.4 Å². The van der Waals surface area contributed by atoms with Gasteiger partial charge in [-0.15, -0.1) is 0 Å². The molecule has 0 radical (unpaired) electrons. The number of benzene rings is 2. The number of likely N-dealkylation sites (tertiary alicyclic amines) is 1. The second kappa shape index (κ2) is 9.97. The van der Waals surface area contributed by atoms with Crippen molar-refractivity contribution in [1.29, 1.82) is 0 Å². The van der Waals surface area contributed by atoms with Crippen LogP contribution < -0.4 is 10.1 Å². The molecule has 9 heteroatoms. The fourth-order valence-electron chi connectivity index (χ4n) is 3.18. The van der Waals surface area contributed by atoms with Crippen molar-refractivity contribution in [3.8, 4) is 5.75 Å². The molecule has 0 spiro atoms.